The molecule has 2 aromatic rings. The summed E-state index contributed by atoms with van der Waals surface area (Å²) in [6, 6.07) is 11.5. The average Bonchev–Trinajstić information content (AvgIpc) is 2.68. The number of carbonyl (C=O) groups excluding carboxylic acids is 4. The van der Waals surface area contributed by atoms with Crippen molar-refractivity contribution < 1.29 is 23.9 Å². The van der Waals surface area contributed by atoms with Gasteiger partial charge in [0.05, 0.1) is 6.42 Å². The van der Waals surface area contributed by atoms with Crippen LogP contribution in [0, 0.1) is 13.8 Å². The summed E-state index contributed by atoms with van der Waals surface area (Å²) in [5, 5.41) is 4.66. The molecule has 3 amide bonds. The molecule has 0 aliphatic heterocycles. The largest absolute Gasteiger partial charge is 0.456 e. The third kappa shape index (κ3) is 7.15. The van der Waals surface area contributed by atoms with Crippen LogP contribution in [-0.4, -0.2) is 30.3 Å². The van der Waals surface area contributed by atoms with Crippen LogP contribution in [0.5, 0.6) is 0 Å². The van der Waals surface area contributed by atoms with Gasteiger partial charge in [-0.25, -0.2) is 4.79 Å². The van der Waals surface area contributed by atoms with E-state index >= 15 is 0 Å². The van der Waals surface area contributed by atoms with Gasteiger partial charge in [-0.1, -0.05) is 40.2 Å². The predicted molar refractivity (Wildman–Crippen MR) is 112 cm³/mol. The molecule has 152 valence electrons. The van der Waals surface area contributed by atoms with Gasteiger partial charge < -0.3 is 10.1 Å². The van der Waals surface area contributed by atoms with E-state index in [9.17, 15) is 19.2 Å². The molecule has 2 rings (SSSR count). The van der Waals surface area contributed by atoms with Gasteiger partial charge >= 0.3 is 12.0 Å². The number of carbonyl (C=O) groups is 4. The lowest BCUT2D eigenvalue weighted by atomic mass is 10.1. The van der Waals surface area contributed by atoms with Crippen molar-refractivity contribution in [3.63, 3.8) is 0 Å². The third-order valence-corrected chi connectivity index (χ3v) is 4.72. The van der Waals surface area contributed by atoms with E-state index in [4.69, 9.17) is 4.74 Å². The zero-order chi connectivity index (χ0) is 21.4. The fourth-order valence-electron chi connectivity index (χ4n) is 2.42. The summed E-state index contributed by atoms with van der Waals surface area (Å²) in [6.45, 7) is 3.15. The SMILES string of the molecule is Cc1cccc(NC(=O)NC(=O)COC(=O)CCC(=O)c2ccc(Br)cc2)c1C. The maximum Gasteiger partial charge on any atom is 0.325 e. The summed E-state index contributed by atoms with van der Waals surface area (Å²) < 4.78 is 5.66. The number of aryl methyl sites for hydroxylation is 1. The molecule has 0 saturated carbocycles. The van der Waals surface area contributed by atoms with Gasteiger partial charge in [-0.2, -0.15) is 0 Å². The van der Waals surface area contributed by atoms with E-state index in [1.165, 1.54) is 0 Å². The minimum Gasteiger partial charge on any atom is -0.456 e. The molecule has 2 N–H and O–H groups in total. The van der Waals surface area contributed by atoms with E-state index in [0.717, 1.165) is 15.6 Å². The van der Waals surface area contributed by atoms with Crippen molar-refractivity contribution >= 4 is 45.3 Å². The van der Waals surface area contributed by atoms with Gasteiger partial charge in [-0.15, -0.1) is 0 Å². The number of amides is 3. The second-order valence-electron chi connectivity index (χ2n) is 6.34. The quantitative estimate of drug-likeness (QED) is 0.481. The van der Waals surface area contributed by atoms with Gasteiger partial charge in [0.1, 0.15) is 0 Å². The number of ether oxygens (including phenoxy) is 1. The average molecular weight is 461 g/mol. The molecule has 0 spiro atoms. The number of esters is 1. The fraction of sp³-hybridized carbons (Fsp3) is 0.238. The molecule has 0 bridgehead atoms. The van der Waals surface area contributed by atoms with Crippen molar-refractivity contribution in [1.82, 2.24) is 5.32 Å². The molecule has 0 aromatic heterocycles. The van der Waals surface area contributed by atoms with Gasteiger partial charge in [0, 0.05) is 22.1 Å². The number of rotatable bonds is 7. The summed E-state index contributed by atoms with van der Waals surface area (Å²) >= 11 is 3.28. The lowest BCUT2D eigenvalue weighted by Crippen LogP contribution is -2.37. The van der Waals surface area contributed by atoms with Crippen LogP contribution in [-0.2, 0) is 14.3 Å². The first kappa shape index (κ1) is 22.3. The Morgan fingerprint density at radius 3 is 2.34 bits per heavy atom. The Kier molecular flexibility index (Phi) is 8.09. The Bertz CT molecular complexity index is 925. The number of hydrogen-bond acceptors (Lipinski definition) is 5. The van der Waals surface area contributed by atoms with Gasteiger partial charge in [0.2, 0.25) is 0 Å². The zero-order valence-electron chi connectivity index (χ0n) is 16.1. The molecular weight excluding hydrogens is 440 g/mol. The normalized spacial score (nSPS) is 10.2. The van der Waals surface area contributed by atoms with E-state index in [1.807, 2.05) is 19.9 Å². The van der Waals surface area contributed by atoms with E-state index in [2.05, 4.69) is 26.6 Å². The molecular formula is C21H21BrN2O5. The van der Waals surface area contributed by atoms with Crippen molar-refractivity contribution in [2.45, 2.75) is 26.7 Å². The molecule has 8 heteroatoms. The number of hydrogen-bond donors (Lipinski definition) is 2. The maximum atomic E-state index is 12.0. The maximum absolute atomic E-state index is 12.0. The first-order valence-corrected chi connectivity index (χ1v) is 9.67. The summed E-state index contributed by atoms with van der Waals surface area (Å²) in [7, 11) is 0. The van der Waals surface area contributed by atoms with Crippen molar-refractivity contribution in [1.29, 1.82) is 0 Å². The Morgan fingerprint density at radius 2 is 1.66 bits per heavy atom. The summed E-state index contributed by atoms with van der Waals surface area (Å²) in [5.74, 6) is -1.66. The molecule has 0 unspecified atom stereocenters. The van der Waals surface area contributed by atoms with Crippen molar-refractivity contribution in [2.24, 2.45) is 0 Å². The standard InChI is InChI=1S/C21H21BrN2O5/c1-13-4-3-5-17(14(13)2)23-21(28)24-19(26)12-29-20(27)11-10-18(25)15-6-8-16(22)9-7-15/h3-9H,10-12H2,1-2H3,(H2,23,24,26,28). The molecule has 7 nitrogen and oxygen atoms in total. The Hall–Kier alpha value is -3.00. The van der Waals surface area contributed by atoms with Crippen LogP contribution in [0.1, 0.15) is 34.3 Å². The van der Waals surface area contributed by atoms with Crippen molar-refractivity contribution in [3.05, 3.63) is 63.6 Å². The van der Waals surface area contributed by atoms with Gasteiger partial charge in [-0.05, 0) is 43.2 Å². The van der Waals surface area contributed by atoms with Crippen LogP contribution >= 0.6 is 15.9 Å². The number of Topliss-reactive ketones (excluding diaryl/α,β-unsaturated/α-hetero) is 1. The Balaban J connectivity index is 1.71. The second kappa shape index (κ2) is 10.5. The first-order chi connectivity index (χ1) is 13.8. The van der Waals surface area contributed by atoms with Crippen LogP contribution in [0.3, 0.4) is 0 Å². The highest BCUT2D eigenvalue weighted by molar-refractivity contribution is 9.10. The molecule has 0 heterocycles. The number of halogens is 1. The number of ketones is 1. The van der Waals surface area contributed by atoms with Gasteiger partial charge in [0.25, 0.3) is 5.91 Å². The smallest absolute Gasteiger partial charge is 0.325 e. The molecule has 2 aromatic carbocycles. The number of nitrogens with one attached hydrogen (secondary N) is 2. The second-order valence-corrected chi connectivity index (χ2v) is 7.26. The molecule has 0 atom stereocenters. The van der Waals surface area contributed by atoms with Gasteiger partial charge in [0.15, 0.2) is 12.4 Å². The lowest BCUT2D eigenvalue weighted by molar-refractivity contribution is -0.148. The lowest BCUT2D eigenvalue weighted by Gasteiger charge is -2.11. The molecule has 0 saturated heterocycles. The first-order valence-electron chi connectivity index (χ1n) is 8.87. The molecule has 0 aliphatic rings. The van der Waals surface area contributed by atoms with Crippen LogP contribution in [0.25, 0.3) is 0 Å². The zero-order valence-corrected chi connectivity index (χ0v) is 17.7. The Labute approximate surface area is 176 Å². The molecule has 0 radical (unpaired) electrons. The third-order valence-electron chi connectivity index (χ3n) is 4.19. The predicted octanol–water partition coefficient (Wildman–Crippen LogP) is 3.92. The van der Waals surface area contributed by atoms with E-state index in [1.54, 1.807) is 36.4 Å². The highest BCUT2D eigenvalue weighted by Crippen LogP contribution is 2.17. The molecule has 0 fully saturated rings. The summed E-state index contributed by atoms with van der Waals surface area (Å²) in [4.78, 5) is 47.4. The van der Waals surface area contributed by atoms with Crippen LogP contribution in [0.15, 0.2) is 46.9 Å². The van der Waals surface area contributed by atoms with E-state index in [-0.39, 0.29) is 18.6 Å². The van der Waals surface area contributed by atoms with Gasteiger partial charge in [-0.3, -0.25) is 19.7 Å². The molecule has 0 aliphatic carbocycles. The monoisotopic (exact) mass is 460 g/mol. The Morgan fingerprint density at radius 1 is 0.966 bits per heavy atom. The highest BCUT2D eigenvalue weighted by atomic mass is 79.9. The van der Waals surface area contributed by atoms with Crippen LogP contribution in [0.2, 0.25) is 0 Å². The highest BCUT2D eigenvalue weighted by Gasteiger charge is 2.14. The summed E-state index contributed by atoms with van der Waals surface area (Å²) in [5.41, 5.74) is 2.96. The minimum atomic E-state index is -0.764. The number of imide groups is 1. The van der Waals surface area contributed by atoms with E-state index < -0.39 is 24.5 Å². The van der Waals surface area contributed by atoms with E-state index in [0.29, 0.717) is 11.3 Å². The fourth-order valence-corrected chi connectivity index (χ4v) is 2.68. The van der Waals surface area contributed by atoms with Crippen molar-refractivity contribution in [3.8, 4) is 0 Å². The number of urea groups is 1. The summed E-state index contributed by atoms with van der Waals surface area (Å²) in [6.07, 6.45) is -0.188. The van der Waals surface area contributed by atoms with Crippen LogP contribution in [0.4, 0.5) is 10.5 Å². The number of benzene rings is 2. The minimum absolute atomic E-state index is 0.0325. The number of anilines is 1. The van der Waals surface area contributed by atoms with Crippen LogP contribution < -0.4 is 10.6 Å². The topological polar surface area (TPSA) is 102 Å². The molecule has 29 heavy (non-hydrogen) atoms. The van der Waals surface area contributed by atoms with Crippen molar-refractivity contribution in [2.75, 3.05) is 11.9 Å².